The van der Waals surface area contributed by atoms with E-state index in [-0.39, 0.29) is 11.3 Å². The molecule has 0 radical (unpaired) electrons. The zero-order valence-electron chi connectivity index (χ0n) is 13.8. The van der Waals surface area contributed by atoms with E-state index in [4.69, 9.17) is 15.9 Å². The summed E-state index contributed by atoms with van der Waals surface area (Å²) in [6, 6.07) is 15.3. The smallest absolute Gasteiger partial charge is 0.136 e. The maximum Gasteiger partial charge on any atom is 0.136 e. The zero-order valence-corrected chi connectivity index (χ0v) is 13.8. The van der Waals surface area contributed by atoms with Crippen LogP contribution in [0, 0.1) is 5.41 Å². The number of benzene rings is 2. The second-order valence-corrected chi connectivity index (χ2v) is 6.62. The molecule has 0 saturated carbocycles. The van der Waals surface area contributed by atoms with Gasteiger partial charge in [0, 0.05) is 0 Å². The Hall–Kier alpha value is -2.33. The van der Waals surface area contributed by atoms with Gasteiger partial charge in [-0.05, 0) is 34.2 Å². The van der Waals surface area contributed by atoms with Crippen LogP contribution in [-0.4, -0.2) is 10.9 Å². The lowest BCUT2D eigenvalue weighted by molar-refractivity contribution is 0.238. The quantitative estimate of drug-likeness (QED) is 0.583. The van der Waals surface area contributed by atoms with Gasteiger partial charge in [0.2, 0.25) is 0 Å². The summed E-state index contributed by atoms with van der Waals surface area (Å²) >= 11 is 0. The minimum Gasteiger partial charge on any atom is -0.489 e. The van der Waals surface area contributed by atoms with E-state index in [0.29, 0.717) is 12.2 Å². The fourth-order valence-corrected chi connectivity index (χ4v) is 2.31. The normalized spacial score (nSPS) is 12.7. The van der Waals surface area contributed by atoms with Gasteiger partial charge in [0.1, 0.15) is 24.3 Å². The summed E-state index contributed by atoms with van der Waals surface area (Å²) in [7, 11) is 0. The highest BCUT2D eigenvalue weighted by atomic mass is 16.5. The summed E-state index contributed by atoms with van der Waals surface area (Å²) in [5, 5.41) is 17.4. The van der Waals surface area contributed by atoms with Crippen molar-refractivity contribution >= 4 is 5.84 Å². The van der Waals surface area contributed by atoms with Gasteiger partial charge in [0.15, 0.2) is 0 Å². The van der Waals surface area contributed by atoms with Gasteiger partial charge in [-0.2, -0.15) is 0 Å². The highest BCUT2D eigenvalue weighted by molar-refractivity contribution is 5.83. The predicted octanol–water partition coefficient (Wildman–Crippen LogP) is 3.53. The first kappa shape index (κ1) is 17.0. The van der Waals surface area contributed by atoms with Gasteiger partial charge < -0.3 is 15.6 Å². The van der Waals surface area contributed by atoms with Crippen molar-refractivity contribution in [3.8, 4) is 5.75 Å². The fourth-order valence-electron chi connectivity index (χ4n) is 2.31. The highest BCUT2D eigenvalue weighted by Crippen LogP contribution is 2.25. The van der Waals surface area contributed by atoms with Gasteiger partial charge in [-0.1, -0.05) is 57.2 Å². The van der Waals surface area contributed by atoms with E-state index in [9.17, 15) is 5.11 Å². The van der Waals surface area contributed by atoms with Crippen LogP contribution in [0.1, 0.15) is 43.6 Å². The first-order valence-corrected chi connectivity index (χ1v) is 7.62. The molecule has 0 amide bonds. The van der Waals surface area contributed by atoms with Crippen molar-refractivity contribution in [1.82, 2.24) is 0 Å². The molecule has 2 aromatic carbocycles. The predicted molar refractivity (Wildman–Crippen MR) is 92.8 cm³/mol. The number of amidine groups is 1. The molecule has 0 saturated heterocycles. The summed E-state index contributed by atoms with van der Waals surface area (Å²) in [6.07, 6.45) is -1.10. The molecule has 4 N–H and O–H groups in total. The summed E-state index contributed by atoms with van der Waals surface area (Å²) in [5.41, 5.74) is 8.17. The topological polar surface area (TPSA) is 79.3 Å². The maximum absolute atomic E-state index is 10.00. The number of aliphatic hydroxyl groups excluding tert-OH is 1. The van der Waals surface area contributed by atoms with Gasteiger partial charge >= 0.3 is 0 Å². The number of nitrogens with one attached hydrogen (secondary N) is 1. The number of hydrogen-bond donors (Lipinski definition) is 3. The molecule has 0 aromatic heterocycles. The lowest BCUT2D eigenvalue weighted by Crippen LogP contribution is -2.21. The molecule has 1 unspecified atom stereocenters. The largest absolute Gasteiger partial charge is 0.489 e. The molecular weight excluding hydrogens is 288 g/mol. The molecule has 0 spiro atoms. The third-order valence-electron chi connectivity index (χ3n) is 3.76. The van der Waals surface area contributed by atoms with Crippen LogP contribution in [0.2, 0.25) is 0 Å². The molecule has 4 nitrogen and oxygen atoms in total. The maximum atomic E-state index is 10.00. The Bertz CT molecular complexity index is 673. The lowest BCUT2D eigenvalue weighted by Gasteiger charge is -2.19. The number of hydrogen-bond acceptors (Lipinski definition) is 3. The second-order valence-electron chi connectivity index (χ2n) is 6.62. The Labute approximate surface area is 137 Å². The van der Waals surface area contributed by atoms with Crippen LogP contribution in [-0.2, 0) is 12.0 Å². The van der Waals surface area contributed by atoms with Crippen molar-refractivity contribution in [2.45, 2.75) is 38.9 Å². The average molecular weight is 312 g/mol. The Kier molecular flexibility index (Phi) is 5.06. The molecule has 122 valence electrons. The molecule has 1 atom stereocenters. The van der Waals surface area contributed by atoms with Crippen molar-refractivity contribution in [3.05, 3.63) is 65.2 Å². The summed E-state index contributed by atoms with van der Waals surface area (Å²) in [4.78, 5) is 0. The van der Waals surface area contributed by atoms with Crippen molar-refractivity contribution in [2.24, 2.45) is 5.73 Å². The molecular formula is C19H24N2O2. The second kappa shape index (κ2) is 6.84. The third kappa shape index (κ3) is 4.33. The highest BCUT2D eigenvalue weighted by Gasteiger charge is 2.15. The monoisotopic (exact) mass is 312 g/mol. The van der Waals surface area contributed by atoms with Crippen LogP contribution < -0.4 is 10.5 Å². The number of nitrogens with two attached hydrogens (primary N) is 1. The van der Waals surface area contributed by atoms with E-state index < -0.39 is 6.10 Å². The Morgan fingerprint density at radius 3 is 2.30 bits per heavy atom. The van der Waals surface area contributed by atoms with Gasteiger partial charge in [-0.25, -0.2) is 0 Å². The molecule has 2 rings (SSSR count). The number of ether oxygens (including phenoxy) is 1. The van der Waals surface area contributed by atoms with Gasteiger partial charge in [0.25, 0.3) is 0 Å². The standard InChI is InChI=1S/C19H24N2O2/c1-19(2,3)14-8-10-15(11-9-14)23-12-13-6-4-5-7-16(13)17(22)18(20)21/h4-11,17,22H,12H2,1-3H3,(H3,20,21). The Morgan fingerprint density at radius 1 is 1.13 bits per heavy atom. The van der Waals surface area contributed by atoms with E-state index in [1.807, 2.05) is 30.3 Å². The van der Waals surface area contributed by atoms with Crippen molar-refractivity contribution in [2.75, 3.05) is 0 Å². The SMILES string of the molecule is CC(C)(C)c1ccc(OCc2ccccc2C(O)C(=N)N)cc1. The van der Waals surface area contributed by atoms with Gasteiger partial charge in [-0.3, -0.25) is 5.41 Å². The van der Waals surface area contributed by atoms with Crippen LogP contribution in [0.15, 0.2) is 48.5 Å². The van der Waals surface area contributed by atoms with E-state index >= 15 is 0 Å². The molecule has 4 heteroatoms. The minimum absolute atomic E-state index is 0.108. The van der Waals surface area contributed by atoms with Gasteiger partial charge in [0.05, 0.1) is 0 Å². The number of rotatable bonds is 5. The van der Waals surface area contributed by atoms with Gasteiger partial charge in [-0.15, -0.1) is 0 Å². The van der Waals surface area contributed by atoms with Crippen LogP contribution in [0.5, 0.6) is 5.75 Å². The summed E-state index contributed by atoms with van der Waals surface area (Å²) < 4.78 is 5.81. The molecule has 0 heterocycles. The summed E-state index contributed by atoms with van der Waals surface area (Å²) in [6.45, 7) is 6.82. The molecule has 2 aromatic rings. The molecule has 0 aliphatic heterocycles. The number of aliphatic hydroxyl groups is 1. The van der Waals surface area contributed by atoms with Crippen LogP contribution in [0.25, 0.3) is 0 Å². The van der Waals surface area contributed by atoms with Crippen LogP contribution in [0.4, 0.5) is 0 Å². The third-order valence-corrected chi connectivity index (χ3v) is 3.76. The Morgan fingerprint density at radius 2 is 1.74 bits per heavy atom. The first-order chi connectivity index (χ1) is 10.8. The molecule has 0 aliphatic carbocycles. The first-order valence-electron chi connectivity index (χ1n) is 7.62. The molecule has 0 fully saturated rings. The zero-order chi connectivity index (χ0) is 17.0. The Balaban J connectivity index is 2.11. The van der Waals surface area contributed by atoms with Crippen LogP contribution in [0.3, 0.4) is 0 Å². The van der Waals surface area contributed by atoms with E-state index in [2.05, 4.69) is 32.9 Å². The van der Waals surface area contributed by atoms with Crippen molar-refractivity contribution < 1.29 is 9.84 Å². The van der Waals surface area contributed by atoms with Crippen molar-refractivity contribution in [3.63, 3.8) is 0 Å². The fraction of sp³-hybridized carbons (Fsp3) is 0.316. The van der Waals surface area contributed by atoms with E-state index in [1.54, 1.807) is 6.07 Å². The van der Waals surface area contributed by atoms with Crippen LogP contribution >= 0.6 is 0 Å². The molecule has 23 heavy (non-hydrogen) atoms. The minimum atomic E-state index is -1.10. The van der Waals surface area contributed by atoms with E-state index in [1.165, 1.54) is 5.56 Å². The molecule has 0 aliphatic rings. The summed E-state index contributed by atoms with van der Waals surface area (Å²) in [5.74, 6) is 0.497. The van der Waals surface area contributed by atoms with Crippen molar-refractivity contribution in [1.29, 1.82) is 5.41 Å². The average Bonchev–Trinajstić information content (AvgIpc) is 2.52. The molecule has 0 bridgehead atoms. The van der Waals surface area contributed by atoms with E-state index in [0.717, 1.165) is 11.3 Å². The lowest BCUT2D eigenvalue weighted by atomic mass is 9.87.